The van der Waals surface area contributed by atoms with Gasteiger partial charge in [-0.15, -0.1) is 0 Å². The third-order valence-electron chi connectivity index (χ3n) is 2.98. The molecule has 0 aliphatic rings. The van der Waals surface area contributed by atoms with Crippen molar-refractivity contribution in [3.8, 4) is 0 Å². The van der Waals surface area contributed by atoms with E-state index in [1.165, 1.54) is 4.31 Å². The lowest BCUT2D eigenvalue weighted by Gasteiger charge is -2.29. The van der Waals surface area contributed by atoms with E-state index >= 15 is 0 Å². The molecule has 0 aliphatic heterocycles. The third-order valence-corrected chi connectivity index (χ3v) is 4.93. The van der Waals surface area contributed by atoms with Crippen LogP contribution in [0.2, 0.25) is 0 Å². The van der Waals surface area contributed by atoms with E-state index in [-0.39, 0.29) is 24.9 Å². The van der Waals surface area contributed by atoms with E-state index in [0.29, 0.717) is 12.3 Å². The van der Waals surface area contributed by atoms with E-state index in [2.05, 4.69) is 0 Å². The summed E-state index contributed by atoms with van der Waals surface area (Å²) in [6.07, 6.45) is 2.25. The van der Waals surface area contributed by atoms with Crippen molar-refractivity contribution in [3.05, 3.63) is 0 Å². The van der Waals surface area contributed by atoms with E-state index in [1.807, 2.05) is 27.7 Å². The molecular weight excluding hydrogens is 238 g/mol. The Hall–Kier alpha value is -0.130. The zero-order chi connectivity index (χ0) is 13.5. The lowest BCUT2D eigenvalue weighted by Crippen LogP contribution is -2.42. The summed E-state index contributed by atoms with van der Waals surface area (Å²) in [5.41, 5.74) is 0. The fourth-order valence-electron chi connectivity index (χ4n) is 1.85. The molecule has 0 spiro atoms. The molecule has 0 amide bonds. The van der Waals surface area contributed by atoms with Crippen molar-refractivity contribution in [3.63, 3.8) is 0 Å². The molecule has 0 unspecified atom stereocenters. The minimum Gasteiger partial charge on any atom is -0.395 e. The summed E-state index contributed by atoms with van der Waals surface area (Å²) >= 11 is 0. The van der Waals surface area contributed by atoms with Crippen LogP contribution >= 0.6 is 0 Å². The van der Waals surface area contributed by atoms with Gasteiger partial charge in [-0.05, 0) is 25.2 Å². The minimum absolute atomic E-state index is 0.0133. The van der Waals surface area contributed by atoms with E-state index in [4.69, 9.17) is 5.11 Å². The summed E-state index contributed by atoms with van der Waals surface area (Å²) in [6, 6.07) is 0.0133. The first kappa shape index (κ1) is 16.9. The molecule has 1 N–H and O–H groups in total. The summed E-state index contributed by atoms with van der Waals surface area (Å²) in [5, 5.41) is 9.01. The van der Waals surface area contributed by atoms with Crippen LogP contribution in [0.4, 0.5) is 0 Å². The Kier molecular flexibility index (Phi) is 8.00. The second-order valence-corrected chi connectivity index (χ2v) is 6.84. The summed E-state index contributed by atoms with van der Waals surface area (Å²) in [5.74, 6) is 0.559. The van der Waals surface area contributed by atoms with Crippen LogP contribution in [-0.4, -0.2) is 42.8 Å². The first-order chi connectivity index (χ1) is 7.88. The fraction of sp³-hybridized carbons (Fsp3) is 1.00. The van der Waals surface area contributed by atoms with Crippen LogP contribution in [0.25, 0.3) is 0 Å². The van der Waals surface area contributed by atoms with Crippen LogP contribution in [0, 0.1) is 5.92 Å². The maximum absolute atomic E-state index is 12.2. The van der Waals surface area contributed by atoms with Crippen molar-refractivity contribution in [1.82, 2.24) is 4.31 Å². The fourth-order valence-corrected chi connectivity index (χ4v) is 3.96. The van der Waals surface area contributed by atoms with Crippen molar-refractivity contribution < 1.29 is 13.5 Å². The quantitative estimate of drug-likeness (QED) is 0.692. The average Bonchev–Trinajstić information content (AvgIpc) is 2.27. The Labute approximate surface area is 106 Å². The highest BCUT2D eigenvalue weighted by Crippen LogP contribution is 2.16. The zero-order valence-corrected chi connectivity index (χ0v) is 12.3. The minimum atomic E-state index is -3.23. The maximum atomic E-state index is 12.2. The number of sulfonamides is 1. The monoisotopic (exact) mass is 265 g/mol. The lowest BCUT2D eigenvalue weighted by molar-refractivity contribution is 0.219. The average molecular weight is 265 g/mol. The molecule has 0 aromatic heterocycles. The van der Waals surface area contributed by atoms with Crippen molar-refractivity contribution in [1.29, 1.82) is 0 Å². The van der Waals surface area contributed by atoms with Gasteiger partial charge < -0.3 is 5.11 Å². The number of aliphatic hydroxyl groups excluding tert-OH is 1. The largest absolute Gasteiger partial charge is 0.395 e. The van der Waals surface area contributed by atoms with Crippen LogP contribution < -0.4 is 0 Å². The molecule has 17 heavy (non-hydrogen) atoms. The number of hydrogen-bond acceptors (Lipinski definition) is 3. The van der Waals surface area contributed by atoms with E-state index in [1.54, 1.807) is 0 Å². The highest BCUT2D eigenvalue weighted by atomic mass is 32.2. The van der Waals surface area contributed by atoms with Gasteiger partial charge in [0, 0.05) is 12.6 Å². The maximum Gasteiger partial charge on any atom is 0.214 e. The molecular formula is C12H27NO3S. The molecule has 4 nitrogen and oxygen atoms in total. The van der Waals surface area contributed by atoms with Gasteiger partial charge in [0.2, 0.25) is 10.0 Å². The first-order valence-corrected chi connectivity index (χ1v) is 8.10. The van der Waals surface area contributed by atoms with Crippen molar-refractivity contribution >= 4 is 10.0 Å². The zero-order valence-electron chi connectivity index (χ0n) is 11.5. The van der Waals surface area contributed by atoms with Gasteiger partial charge in [-0.25, -0.2) is 8.42 Å². The van der Waals surface area contributed by atoms with Crippen LogP contribution in [-0.2, 0) is 10.0 Å². The van der Waals surface area contributed by atoms with Crippen LogP contribution in [0.1, 0.15) is 47.0 Å². The Morgan fingerprint density at radius 3 is 2.06 bits per heavy atom. The van der Waals surface area contributed by atoms with E-state index < -0.39 is 10.0 Å². The highest BCUT2D eigenvalue weighted by Gasteiger charge is 2.27. The summed E-state index contributed by atoms with van der Waals surface area (Å²) in [6.45, 7) is 8.10. The Balaban J connectivity index is 4.77. The SMILES string of the molecule is CCC(CC)N(CCO)S(=O)(=O)CCC(C)C. The molecule has 0 bridgehead atoms. The molecule has 5 heteroatoms. The van der Waals surface area contributed by atoms with Crippen molar-refractivity contribution in [2.24, 2.45) is 5.92 Å². The summed E-state index contributed by atoms with van der Waals surface area (Å²) in [4.78, 5) is 0. The molecule has 0 saturated heterocycles. The normalized spacial score (nSPS) is 12.9. The predicted octanol–water partition coefficient (Wildman–Crippen LogP) is 1.85. The molecule has 0 aromatic carbocycles. The number of rotatable bonds is 9. The van der Waals surface area contributed by atoms with Gasteiger partial charge in [0.05, 0.1) is 12.4 Å². The van der Waals surface area contributed by atoms with Crippen molar-refractivity contribution in [2.45, 2.75) is 53.0 Å². The van der Waals surface area contributed by atoms with Crippen LogP contribution in [0.5, 0.6) is 0 Å². The van der Waals surface area contributed by atoms with E-state index in [9.17, 15) is 8.42 Å². The topological polar surface area (TPSA) is 57.6 Å². The molecule has 104 valence electrons. The van der Waals surface area contributed by atoms with Gasteiger partial charge in [0.1, 0.15) is 0 Å². The van der Waals surface area contributed by atoms with Crippen molar-refractivity contribution in [2.75, 3.05) is 18.9 Å². The molecule has 0 fully saturated rings. The Morgan fingerprint density at radius 1 is 1.18 bits per heavy atom. The molecule has 0 atom stereocenters. The first-order valence-electron chi connectivity index (χ1n) is 6.49. The van der Waals surface area contributed by atoms with Gasteiger partial charge in [-0.3, -0.25) is 0 Å². The Bertz CT molecular complexity index is 284. The highest BCUT2D eigenvalue weighted by molar-refractivity contribution is 7.89. The molecule has 0 rings (SSSR count). The predicted molar refractivity (Wildman–Crippen MR) is 71.4 cm³/mol. The Morgan fingerprint density at radius 2 is 1.71 bits per heavy atom. The van der Waals surface area contributed by atoms with Gasteiger partial charge in [-0.2, -0.15) is 4.31 Å². The van der Waals surface area contributed by atoms with Gasteiger partial charge in [-0.1, -0.05) is 27.7 Å². The smallest absolute Gasteiger partial charge is 0.214 e. The molecule has 0 heterocycles. The second kappa shape index (κ2) is 8.06. The summed E-state index contributed by atoms with van der Waals surface area (Å²) in [7, 11) is -3.23. The van der Waals surface area contributed by atoms with Gasteiger partial charge in [0.25, 0.3) is 0 Å². The summed E-state index contributed by atoms with van der Waals surface area (Å²) < 4.78 is 25.9. The molecule has 0 aliphatic carbocycles. The molecule has 0 radical (unpaired) electrons. The molecule has 0 saturated carbocycles. The van der Waals surface area contributed by atoms with E-state index in [0.717, 1.165) is 12.8 Å². The standard InChI is InChI=1S/C12H27NO3S/c1-5-12(6-2)13(8-9-14)17(15,16)10-7-11(3)4/h11-12,14H,5-10H2,1-4H3. The number of nitrogens with zero attached hydrogens (tertiary/aromatic N) is 1. The third kappa shape index (κ3) is 5.84. The van der Waals surface area contributed by atoms with Crippen LogP contribution in [0.15, 0.2) is 0 Å². The van der Waals surface area contributed by atoms with Crippen LogP contribution in [0.3, 0.4) is 0 Å². The number of aliphatic hydroxyl groups is 1. The second-order valence-electron chi connectivity index (χ2n) is 4.80. The number of hydrogen-bond donors (Lipinski definition) is 1. The lowest BCUT2D eigenvalue weighted by atomic mass is 10.2. The molecule has 0 aromatic rings. The van der Waals surface area contributed by atoms with Gasteiger partial charge in [0.15, 0.2) is 0 Å². The van der Waals surface area contributed by atoms with Gasteiger partial charge >= 0.3 is 0 Å².